The van der Waals surface area contributed by atoms with Gasteiger partial charge in [-0.2, -0.15) is 0 Å². The minimum absolute atomic E-state index is 0.152. The first-order valence-corrected chi connectivity index (χ1v) is 10.9. The second-order valence-electron chi connectivity index (χ2n) is 8.46. The van der Waals surface area contributed by atoms with Crippen molar-refractivity contribution in [1.29, 1.82) is 0 Å². The Kier molecular flexibility index (Phi) is 3.59. The molecule has 2 aliphatic carbocycles. The van der Waals surface area contributed by atoms with Gasteiger partial charge in [0.25, 0.3) is 0 Å². The fourth-order valence-electron chi connectivity index (χ4n) is 5.52. The van der Waals surface area contributed by atoms with Gasteiger partial charge in [-0.3, -0.25) is 0 Å². The lowest BCUT2D eigenvalue weighted by molar-refractivity contribution is 0.154. The van der Waals surface area contributed by atoms with Crippen LogP contribution in [0.5, 0.6) is 0 Å². The maximum atomic E-state index is 14.7. The molecule has 0 N–H and O–H groups in total. The molecule has 4 rings (SSSR count). The smallest absolute Gasteiger partial charge is 0.146 e. The van der Waals surface area contributed by atoms with Crippen molar-refractivity contribution in [2.24, 2.45) is 16.7 Å². The van der Waals surface area contributed by atoms with Gasteiger partial charge in [0.15, 0.2) is 0 Å². The van der Waals surface area contributed by atoms with Crippen LogP contribution in [0.3, 0.4) is 0 Å². The zero-order chi connectivity index (χ0) is 17.0. The number of hydrogen-bond acceptors (Lipinski definition) is 1. The van der Waals surface area contributed by atoms with Gasteiger partial charge in [0.1, 0.15) is 7.14 Å². The number of hydrogen-bond donors (Lipinski definition) is 0. The van der Waals surface area contributed by atoms with E-state index in [9.17, 15) is 4.57 Å². The van der Waals surface area contributed by atoms with Gasteiger partial charge in [-0.15, -0.1) is 0 Å². The highest BCUT2D eigenvalue weighted by Crippen LogP contribution is 2.74. The predicted octanol–water partition coefficient (Wildman–Crippen LogP) is 5.22. The molecule has 2 aromatic carbocycles. The van der Waals surface area contributed by atoms with Gasteiger partial charge in [0.05, 0.1) is 0 Å². The van der Waals surface area contributed by atoms with Gasteiger partial charge in [-0.05, 0) is 36.0 Å². The van der Waals surface area contributed by atoms with Crippen molar-refractivity contribution < 1.29 is 4.57 Å². The van der Waals surface area contributed by atoms with E-state index >= 15 is 0 Å². The first kappa shape index (κ1) is 16.2. The molecule has 0 radical (unpaired) electrons. The maximum Gasteiger partial charge on any atom is 0.146 e. The molecule has 0 amide bonds. The molecular formula is C22H27OP. The van der Waals surface area contributed by atoms with Gasteiger partial charge in [0.2, 0.25) is 0 Å². The molecule has 24 heavy (non-hydrogen) atoms. The van der Waals surface area contributed by atoms with E-state index in [4.69, 9.17) is 0 Å². The molecule has 2 heteroatoms. The fraction of sp³-hybridized carbons (Fsp3) is 0.455. The summed E-state index contributed by atoms with van der Waals surface area (Å²) in [6.07, 6.45) is 3.60. The molecule has 2 saturated carbocycles. The van der Waals surface area contributed by atoms with Gasteiger partial charge in [-0.1, -0.05) is 81.4 Å². The van der Waals surface area contributed by atoms with Crippen molar-refractivity contribution in [3.05, 3.63) is 60.7 Å². The van der Waals surface area contributed by atoms with Crippen molar-refractivity contribution in [3.63, 3.8) is 0 Å². The van der Waals surface area contributed by atoms with Crippen molar-refractivity contribution in [2.45, 2.75) is 45.7 Å². The molecule has 2 aliphatic rings. The zero-order valence-electron chi connectivity index (χ0n) is 14.9. The van der Waals surface area contributed by atoms with E-state index in [1.54, 1.807) is 0 Å². The molecule has 0 spiro atoms. The summed E-state index contributed by atoms with van der Waals surface area (Å²) >= 11 is 0. The summed E-state index contributed by atoms with van der Waals surface area (Å²) in [7, 11) is -2.66. The van der Waals surface area contributed by atoms with Crippen LogP contribution in [-0.4, -0.2) is 5.66 Å². The lowest BCUT2D eigenvalue weighted by Gasteiger charge is -2.43. The van der Waals surface area contributed by atoms with Crippen LogP contribution in [0.1, 0.15) is 40.0 Å². The Hall–Kier alpha value is -1.33. The van der Waals surface area contributed by atoms with E-state index in [-0.39, 0.29) is 16.5 Å². The Bertz CT molecular complexity index is 737. The van der Waals surface area contributed by atoms with E-state index in [1.165, 1.54) is 12.8 Å². The second kappa shape index (κ2) is 5.33. The summed E-state index contributed by atoms with van der Waals surface area (Å²) in [4.78, 5) is 0. The standard InChI is InChI=1S/C22H27OP/c1-21(2)17-14-15-22(21,3)20(16-17)24(23,18-10-6-4-7-11-18)19-12-8-5-9-13-19/h4-13,17,20H,14-16H2,1-3H3/t17-,20+,22+/m0/s1. The molecule has 0 aliphatic heterocycles. The van der Waals surface area contributed by atoms with Gasteiger partial charge < -0.3 is 4.57 Å². The van der Waals surface area contributed by atoms with Crippen molar-refractivity contribution >= 4 is 17.8 Å². The van der Waals surface area contributed by atoms with Crippen molar-refractivity contribution in [2.75, 3.05) is 0 Å². The minimum atomic E-state index is -2.66. The molecule has 2 bridgehead atoms. The number of benzene rings is 2. The third kappa shape index (κ3) is 1.97. The molecule has 0 aromatic heterocycles. The van der Waals surface area contributed by atoms with Crippen LogP contribution in [0.4, 0.5) is 0 Å². The van der Waals surface area contributed by atoms with Crippen LogP contribution in [0.25, 0.3) is 0 Å². The third-order valence-corrected chi connectivity index (χ3v) is 11.3. The third-order valence-electron chi connectivity index (χ3n) is 7.47. The normalized spacial score (nSPS) is 31.3. The van der Waals surface area contributed by atoms with Crippen LogP contribution in [0.2, 0.25) is 0 Å². The fourth-order valence-corrected chi connectivity index (χ4v) is 9.58. The van der Waals surface area contributed by atoms with E-state index in [1.807, 2.05) is 36.4 Å². The summed E-state index contributed by atoms with van der Waals surface area (Å²) in [5, 5.41) is 2.07. The Morgan fingerprint density at radius 3 is 1.75 bits per heavy atom. The summed E-state index contributed by atoms with van der Waals surface area (Å²) in [5.41, 5.74) is 0.680. The topological polar surface area (TPSA) is 17.1 Å². The second-order valence-corrected chi connectivity index (χ2v) is 11.4. The Morgan fingerprint density at radius 2 is 1.38 bits per heavy atom. The first-order chi connectivity index (χ1) is 11.4. The van der Waals surface area contributed by atoms with Crippen LogP contribution in [0, 0.1) is 16.7 Å². The SMILES string of the molecule is CC1(C)[C@H]2CC[C@]1(C)[C@H](P(=O)(c1ccccc1)c1ccccc1)C2. The van der Waals surface area contributed by atoms with E-state index < -0.39 is 7.14 Å². The molecule has 2 fully saturated rings. The average molecular weight is 338 g/mol. The lowest BCUT2D eigenvalue weighted by atomic mass is 9.71. The Balaban J connectivity index is 1.92. The number of rotatable bonds is 3. The predicted molar refractivity (Wildman–Crippen MR) is 103 cm³/mol. The molecule has 0 heterocycles. The largest absolute Gasteiger partial charge is 0.313 e. The van der Waals surface area contributed by atoms with Crippen molar-refractivity contribution in [3.8, 4) is 0 Å². The van der Waals surface area contributed by atoms with Gasteiger partial charge in [0, 0.05) is 16.3 Å². The quantitative estimate of drug-likeness (QED) is 0.702. The molecule has 0 saturated heterocycles. The molecule has 1 nitrogen and oxygen atoms in total. The van der Waals surface area contributed by atoms with E-state index in [2.05, 4.69) is 45.0 Å². The van der Waals surface area contributed by atoms with Crippen LogP contribution in [-0.2, 0) is 4.57 Å². The van der Waals surface area contributed by atoms with Gasteiger partial charge in [-0.25, -0.2) is 0 Å². The molecule has 3 atom stereocenters. The van der Waals surface area contributed by atoms with E-state index in [0.29, 0.717) is 5.92 Å². The Labute approximate surface area is 145 Å². The summed E-state index contributed by atoms with van der Waals surface area (Å²) in [6, 6.07) is 20.5. The molecule has 0 unspecified atom stereocenters. The molecular weight excluding hydrogens is 311 g/mol. The average Bonchev–Trinajstić information content (AvgIpc) is 2.96. The highest BCUT2D eigenvalue weighted by Gasteiger charge is 2.65. The van der Waals surface area contributed by atoms with Crippen LogP contribution in [0.15, 0.2) is 60.7 Å². The molecule has 2 aromatic rings. The maximum absolute atomic E-state index is 14.7. The van der Waals surface area contributed by atoms with E-state index in [0.717, 1.165) is 17.0 Å². The monoisotopic (exact) mass is 338 g/mol. The zero-order valence-corrected chi connectivity index (χ0v) is 15.8. The highest BCUT2D eigenvalue weighted by atomic mass is 31.2. The summed E-state index contributed by atoms with van der Waals surface area (Å²) in [6.45, 7) is 7.22. The van der Waals surface area contributed by atoms with Crippen molar-refractivity contribution in [1.82, 2.24) is 0 Å². The highest BCUT2D eigenvalue weighted by molar-refractivity contribution is 7.79. The van der Waals surface area contributed by atoms with Gasteiger partial charge >= 0.3 is 0 Å². The summed E-state index contributed by atoms with van der Waals surface area (Å²) in [5.74, 6) is 0.702. The first-order valence-electron chi connectivity index (χ1n) is 9.12. The van der Waals surface area contributed by atoms with Crippen LogP contribution >= 0.6 is 7.14 Å². The minimum Gasteiger partial charge on any atom is -0.313 e. The number of fused-ring (bicyclic) bond motifs is 2. The lowest BCUT2D eigenvalue weighted by Crippen LogP contribution is -2.39. The molecule has 126 valence electrons. The summed E-state index contributed by atoms with van der Waals surface area (Å²) < 4.78 is 14.7. The van der Waals surface area contributed by atoms with Crippen LogP contribution < -0.4 is 10.6 Å². The Morgan fingerprint density at radius 1 is 0.875 bits per heavy atom.